The Morgan fingerprint density at radius 2 is 1.85 bits per heavy atom. The maximum absolute atomic E-state index is 11.6. The lowest BCUT2D eigenvalue weighted by molar-refractivity contribution is -0.346. The summed E-state index contributed by atoms with van der Waals surface area (Å²) in [4.78, 5) is 22.8. The Morgan fingerprint density at radius 3 is 2.51 bits per heavy atom. The average molecular weight is 565 g/mol. The zero-order valence-electron chi connectivity index (χ0n) is 24.6. The molecule has 2 saturated heterocycles. The third kappa shape index (κ3) is 10.6. The second kappa shape index (κ2) is 16.4. The molecule has 2 fully saturated rings. The van der Waals surface area contributed by atoms with Gasteiger partial charge in [0, 0.05) is 25.0 Å². The van der Waals surface area contributed by atoms with E-state index in [0.717, 1.165) is 56.9 Å². The molecule has 0 aliphatic carbocycles. The van der Waals surface area contributed by atoms with Crippen molar-refractivity contribution in [3.8, 4) is 0 Å². The van der Waals surface area contributed by atoms with Gasteiger partial charge in [-0.1, -0.05) is 56.6 Å². The zero-order chi connectivity index (χ0) is 28.9. The molecule has 39 heavy (non-hydrogen) atoms. The lowest BCUT2D eigenvalue weighted by Gasteiger charge is -2.53. The Bertz CT molecular complexity index is 914. The number of aliphatic carboxylic acids is 1. The molecular formula is C31H48O7S. The number of allylic oxidation sites excluding steroid dienone is 4. The number of ether oxygens (including phenoxy) is 4. The van der Waals surface area contributed by atoms with Crippen LogP contribution in [0.2, 0.25) is 0 Å². The number of carboxylic acid groups (broad SMARTS) is 1. The van der Waals surface area contributed by atoms with E-state index in [-0.39, 0.29) is 18.2 Å². The SMILES string of the molecule is CCCC[C@@]1(OCSC)CC[C@]2(CC[C@H](C)[C@@H](CC=C(C)C=CC(=O)OCC)O2)O[C@H]1C=CC(C)=CC(=O)O. The topological polar surface area (TPSA) is 91.3 Å². The van der Waals surface area contributed by atoms with Gasteiger partial charge in [0.2, 0.25) is 0 Å². The van der Waals surface area contributed by atoms with E-state index in [0.29, 0.717) is 24.0 Å². The molecule has 0 saturated carbocycles. The summed E-state index contributed by atoms with van der Waals surface area (Å²) in [6.45, 7) is 10.3. The van der Waals surface area contributed by atoms with Gasteiger partial charge in [-0.15, -0.1) is 11.8 Å². The molecule has 0 aromatic heterocycles. The second-order valence-electron chi connectivity index (χ2n) is 10.7. The molecule has 0 aromatic rings. The number of thioether (sulfide) groups is 1. The lowest BCUT2D eigenvalue weighted by Crippen LogP contribution is -2.59. The Hall–Kier alpha value is -1.87. The van der Waals surface area contributed by atoms with Gasteiger partial charge in [0.1, 0.15) is 6.10 Å². The molecule has 0 unspecified atom stereocenters. The predicted octanol–water partition coefficient (Wildman–Crippen LogP) is 6.99. The maximum atomic E-state index is 11.6. The minimum Gasteiger partial charge on any atom is -0.478 e. The molecule has 0 amide bonds. The van der Waals surface area contributed by atoms with Crippen molar-refractivity contribution in [2.75, 3.05) is 18.8 Å². The van der Waals surface area contributed by atoms with E-state index in [9.17, 15) is 9.59 Å². The van der Waals surface area contributed by atoms with Crippen LogP contribution in [0.1, 0.15) is 86.0 Å². The summed E-state index contributed by atoms with van der Waals surface area (Å²) in [5, 5.41) is 9.16. The summed E-state index contributed by atoms with van der Waals surface area (Å²) in [6, 6.07) is 0. The Balaban J connectivity index is 2.27. The summed E-state index contributed by atoms with van der Waals surface area (Å²) < 4.78 is 25.1. The number of carbonyl (C=O) groups is 2. The highest BCUT2D eigenvalue weighted by Crippen LogP contribution is 2.48. The first-order valence-corrected chi connectivity index (χ1v) is 15.6. The van der Waals surface area contributed by atoms with Gasteiger partial charge in [0.15, 0.2) is 5.79 Å². The van der Waals surface area contributed by atoms with Crippen molar-refractivity contribution in [2.24, 2.45) is 5.92 Å². The van der Waals surface area contributed by atoms with E-state index in [1.54, 1.807) is 31.7 Å². The maximum Gasteiger partial charge on any atom is 0.330 e. The van der Waals surface area contributed by atoms with E-state index in [2.05, 4.69) is 19.9 Å². The second-order valence-corrected chi connectivity index (χ2v) is 11.5. The van der Waals surface area contributed by atoms with Gasteiger partial charge in [0.05, 0.1) is 24.3 Å². The number of rotatable bonds is 14. The molecule has 5 atom stereocenters. The predicted molar refractivity (Wildman–Crippen MR) is 157 cm³/mol. The standard InChI is InChI=1S/C31H48O7S/c1-7-9-17-30(36-22-39-6)19-20-31(38-27(30)14-11-24(4)21-28(32)33)18-16-25(5)26(37-31)13-10-23(3)12-15-29(34)35-8-2/h10-12,14-15,21,25-27H,7-9,13,16-20,22H2,1-6H3,(H,32,33)/t25-,26+,27-,30+,31-/m0/s1. The van der Waals surface area contributed by atoms with Crippen LogP contribution >= 0.6 is 11.8 Å². The molecule has 2 rings (SSSR count). The van der Waals surface area contributed by atoms with Crippen LogP contribution < -0.4 is 0 Å². The molecule has 7 nitrogen and oxygen atoms in total. The van der Waals surface area contributed by atoms with Gasteiger partial charge in [-0.3, -0.25) is 0 Å². The first-order valence-electron chi connectivity index (χ1n) is 14.2. The van der Waals surface area contributed by atoms with E-state index in [1.807, 2.05) is 25.3 Å². The van der Waals surface area contributed by atoms with Crippen LogP contribution in [0.15, 0.2) is 47.6 Å². The van der Waals surface area contributed by atoms with Gasteiger partial charge in [0.25, 0.3) is 0 Å². The normalized spacial score (nSPS) is 30.4. The highest BCUT2D eigenvalue weighted by atomic mass is 32.2. The highest BCUT2D eigenvalue weighted by Gasteiger charge is 2.53. The van der Waals surface area contributed by atoms with Gasteiger partial charge in [-0.05, 0) is 64.2 Å². The van der Waals surface area contributed by atoms with Crippen molar-refractivity contribution in [1.82, 2.24) is 0 Å². The lowest BCUT2D eigenvalue weighted by atomic mass is 9.78. The Labute approximate surface area is 239 Å². The quantitative estimate of drug-likeness (QED) is 0.105. The summed E-state index contributed by atoms with van der Waals surface area (Å²) in [7, 11) is 0. The van der Waals surface area contributed by atoms with Gasteiger partial charge >= 0.3 is 11.9 Å². The number of carboxylic acids is 1. The Kier molecular flexibility index (Phi) is 14.0. The summed E-state index contributed by atoms with van der Waals surface area (Å²) in [6.07, 6.45) is 19.0. The highest BCUT2D eigenvalue weighted by molar-refractivity contribution is 7.98. The van der Waals surface area contributed by atoms with Crippen molar-refractivity contribution >= 4 is 23.7 Å². The Morgan fingerprint density at radius 1 is 1.08 bits per heavy atom. The van der Waals surface area contributed by atoms with Crippen LogP contribution in [0.25, 0.3) is 0 Å². The monoisotopic (exact) mass is 564 g/mol. The summed E-state index contributed by atoms with van der Waals surface area (Å²) in [5.74, 6) is -1.09. The molecule has 0 radical (unpaired) electrons. The number of hydrogen-bond donors (Lipinski definition) is 1. The molecular weight excluding hydrogens is 516 g/mol. The van der Waals surface area contributed by atoms with Crippen LogP contribution in [0, 0.1) is 5.92 Å². The van der Waals surface area contributed by atoms with Crippen LogP contribution in [0.4, 0.5) is 0 Å². The van der Waals surface area contributed by atoms with E-state index >= 15 is 0 Å². The molecule has 1 spiro atoms. The number of esters is 1. The number of carbonyl (C=O) groups excluding carboxylic acids is 1. The average Bonchev–Trinajstić information content (AvgIpc) is 2.90. The van der Waals surface area contributed by atoms with E-state index in [1.165, 1.54) is 12.2 Å². The van der Waals surface area contributed by atoms with Gasteiger partial charge in [-0.2, -0.15) is 0 Å². The first-order chi connectivity index (χ1) is 18.6. The smallest absolute Gasteiger partial charge is 0.330 e. The molecule has 0 bridgehead atoms. The third-order valence-electron chi connectivity index (χ3n) is 7.51. The molecule has 2 aliphatic rings. The molecule has 2 heterocycles. The van der Waals surface area contributed by atoms with E-state index in [4.69, 9.17) is 24.1 Å². The zero-order valence-corrected chi connectivity index (χ0v) is 25.4. The van der Waals surface area contributed by atoms with Crippen molar-refractivity contribution in [3.63, 3.8) is 0 Å². The molecule has 2 aliphatic heterocycles. The van der Waals surface area contributed by atoms with Crippen molar-refractivity contribution in [3.05, 3.63) is 47.6 Å². The molecule has 220 valence electrons. The van der Waals surface area contributed by atoms with Crippen LogP contribution in [-0.4, -0.2) is 59.4 Å². The fourth-order valence-corrected chi connectivity index (χ4v) is 5.53. The summed E-state index contributed by atoms with van der Waals surface area (Å²) in [5.41, 5.74) is 1.14. The minimum absolute atomic E-state index is 0.0155. The fourth-order valence-electron chi connectivity index (χ4n) is 5.18. The molecule has 8 heteroatoms. The first kappa shape index (κ1) is 33.3. The van der Waals surface area contributed by atoms with Crippen LogP contribution in [0.5, 0.6) is 0 Å². The largest absolute Gasteiger partial charge is 0.478 e. The number of unbranched alkanes of at least 4 members (excludes halogenated alkanes) is 1. The number of hydrogen-bond acceptors (Lipinski definition) is 7. The van der Waals surface area contributed by atoms with Crippen molar-refractivity contribution in [1.29, 1.82) is 0 Å². The van der Waals surface area contributed by atoms with E-state index < -0.39 is 17.4 Å². The minimum atomic E-state index is -0.970. The van der Waals surface area contributed by atoms with Gasteiger partial charge in [-0.25, -0.2) is 9.59 Å². The van der Waals surface area contributed by atoms with Crippen LogP contribution in [-0.2, 0) is 28.5 Å². The summed E-state index contributed by atoms with van der Waals surface area (Å²) >= 11 is 1.64. The third-order valence-corrected chi connectivity index (χ3v) is 7.87. The fraction of sp³-hybridized carbons (Fsp3) is 0.677. The molecule has 0 aromatic carbocycles. The van der Waals surface area contributed by atoms with Crippen molar-refractivity contribution in [2.45, 2.75) is 110 Å². The van der Waals surface area contributed by atoms with Gasteiger partial charge < -0.3 is 24.1 Å². The molecule has 1 N–H and O–H groups in total. The van der Waals surface area contributed by atoms with Crippen LogP contribution in [0.3, 0.4) is 0 Å². The van der Waals surface area contributed by atoms with Crippen molar-refractivity contribution < 1.29 is 33.6 Å².